The predicted molar refractivity (Wildman–Crippen MR) is 161 cm³/mol. The predicted octanol–water partition coefficient (Wildman–Crippen LogP) is 2.20. The van der Waals surface area contributed by atoms with Crippen molar-refractivity contribution >= 4 is 41.1 Å². The fraction of sp³-hybridized carbons (Fsp3) is 0.133. The zero-order chi connectivity index (χ0) is 31.0. The molecule has 0 saturated heterocycles. The average Bonchev–Trinajstić information content (AvgIpc) is 3.43. The van der Waals surface area contributed by atoms with Crippen LogP contribution in [0.4, 0.5) is 11.4 Å². The Hall–Kier alpha value is -6.36. The molecule has 1 amide bonds. The van der Waals surface area contributed by atoms with Crippen LogP contribution in [0.5, 0.6) is 11.5 Å². The number of aliphatic imine (C=N–C) groups is 3. The number of carbonyl (C=O) groups excluding carboxylic acids is 1. The molecule has 3 aromatic rings. The highest BCUT2D eigenvalue weighted by Crippen LogP contribution is 2.37. The summed E-state index contributed by atoms with van der Waals surface area (Å²) in [6.45, 7) is 0.498. The van der Waals surface area contributed by atoms with Crippen molar-refractivity contribution in [2.24, 2.45) is 26.4 Å². The molecule has 44 heavy (non-hydrogen) atoms. The molecule has 0 saturated carbocycles. The number of likely N-dealkylation sites (N-methyl/N-ethyl adjacent to an activating group) is 1. The van der Waals surface area contributed by atoms with Crippen LogP contribution in [0, 0.1) is 11.3 Å². The van der Waals surface area contributed by atoms with Crippen molar-refractivity contribution in [1.82, 2.24) is 10.2 Å². The number of aromatic carboxylic acids is 1. The number of hydrogen-bond acceptors (Lipinski definition) is 10. The van der Waals surface area contributed by atoms with Gasteiger partial charge in [-0.2, -0.15) is 10.3 Å². The lowest BCUT2D eigenvalue weighted by atomic mass is 9.92. The van der Waals surface area contributed by atoms with Crippen molar-refractivity contribution in [1.29, 1.82) is 5.26 Å². The van der Waals surface area contributed by atoms with Gasteiger partial charge in [0.2, 0.25) is 5.91 Å². The second kappa shape index (κ2) is 11.1. The van der Waals surface area contributed by atoms with E-state index in [1.165, 1.54) is 18.2 Å². The van der Waals surface area contributed by atoms with Crippen molar-refractivity contribution in [3.8, 4) is 17.6 Å². The van der Waals surface area contributed by atoms with Crippen molar-refractivity contribution in [3.63, 3.8) is 0 Å². The van der Waals surface area contributed by atoms with Crippen LogP contribution in [0.25, 0.3) is 0 Å². The van der Waals surface area contributed by atoms with Gasteiger partial charge in [0.05, 0.1) is 17.3 Å². The van der Waals surface area contributed by atoms with E-state index in [-0.39, 0.29) is 52.2 Å². The molecule has 0 bridgehead atoms. The smallest absolute Gasteiger partial charge is 0.339 e. The first-order valence-corrected chi connectivity index (χ1v) is 13.3. The highest BCUT2D eigenvalue weighted by Gasteiger charge is 2.42. The van der Waals surface area contributed by atoms with Gasteiger partial charge >= 0.3 is 12.0 Å². The lowest BCUT2D eigenvalue weighted by Gasteiger charge is -2.34. The maximum Gasteiger partial charge on any atom is 0.339 e. The van der Waals surface area contributed by atoms with Crippen molar-refractivity contribution in [2.45, 2.75) is 12.0 Å². The molecule has 2 atom stereocenters. The summed E-state index contributed by atoms with van der Waals surface area (Å²) in [4.78, 5) is 40.4. The Bertz CT molecular complexity index is 1870. The summed E-state index contributed by atoms with van der Waals surface area (Å²) in [5.74, 6) is -1.82. The van der Waals surface area contributed by atoms with Crippen LogP contribution < -0.4 is 31.6 Å². The Labute approximate surface area is 250 Å². The number of guanidine groups is 1. The van der Waals surface area contributed by atoms with Gasteiger partial charge in [0.1, 0.15) is 28.8 Å². The Kier molecular flexibility index (Phi) is 7.04. The van der Waals surface area contributed by atoms with Crippen LogP contribution in [0.15, 0.2) is 93.3 Å². The minimum Gasteiger partial charge on any atom is -0.478 e. The fourth-order valence-electron chi connectivity index (χ4n) is 5.08. The third kappa shape index (κ3) is 5.21. The van der Waals surface area contributed by atoms with Gasteiger partial charge in [-0.15, -0.1) is 0 Å². The summed E-state index contributed by atoms with van der Waals surface area (Å²) in [5.41, 5.74) is 13.4. The number of carboxylic acids is 1. The number of anilines is 1. The summed E-state index contributed by atoms with van der Waals surface area (Å²) < 4.78 is 12.1. The molecule has 0 fully saturated rings. The van der Waals surface area contributed by atoms with Crippen LogP contribution in [0.1, 0.15) is 27.4 Å². The first kappa shape index (κ1) is 27.8. The number of ether oxygens (including phenoxy) is 2. The number of amidine groups is 2. The lowest BCUT2D eigenvalue weighted by molar-refractivity contribution is -0.122. The van der Waals surface area contributed by atoms with E-state index in [0.717, 1.165) is 11.3 Å². The number of rotatable bonds is 6. The van der Waals surface area contributed by atoms with Crippen LogP contribution in [-0.4, -0.2) is 59.3 Å². The fourth-order valence-corrected chi connectivity index (χ4v) is 5.08. The van der Waals surface area contributed by atoms with Crippen LogP contribution >= 0.6 is 0 Å². The Morgan fingerprint density at radius 3 is 2.73 bits per heavy atom. The molecule has 3 aromatic carbocycles. The number of benzene rings is 3. The zero-order valence-electron chi connectivity index (χ0n) is 23.2. The standard InChI is InChI=1S/C30H25N9O5/c1-39-25-24(37-26(40)23(36-25)20-14-34-21-8-3-2-7-18(20)21)27(44-22-11-15(13-31)9-10-19(22)28(41)42)38-30(39)43-17-6-4-5-16(12-17)35-29(32)33/h2-12,20,23,34H,14H2,1H3,(H,37,40)(H,41,42)(H4,32,33,35). The minimum absolute atomic E-state index is 0.00231. The van der Waals surface area contributed by atoms with Crippen molar-refractivity contribution < 1.29 is 24.2 Å². The zero-order valence-corrected chi connectivity index (χ0v) is 23.2. The van der Waals surface area contributed by atoms with Gasteiger partial charge in [0.25, 0.3) is 5.88 Å². The van der Waals surface area contributed by atoms with E-state index in [0.29, 0.717) is 18.0 Å². The normalized spacial score (nSPS) is 18.5. The van der Waals surface area contributed by atoms with E-state index in [1.54, 1.807) is 36.2 Å². The molecule has 14 nitrogen and oxygen atoms in total. The number of amides is 1. The van der Waals surface area contributed by atoms with E-state index < -0.39 is 17.9 Å². The first-order valence-electron chi connectivity index (χ1n) is 13.3. The highest BCUT2D eigenvalue weighted by atomic mass is 16.5. The number of nitrogens with one attached hydrogen (secondary N) is 2. The third-order valence-corrected chi connectivity index (χ3v) is 7.10. The van der Waals surface area contributed by atoms with E-state index in [4.69, 9.17) is 25.9 Å². The van der Waals surface area contributed by atoms with E-state index >= 15 is 0 Å². The van der Waals surface area contributed by atoms with Gasteiger partial charge < -0.3 is 36.7 Å². The summed E-state index contributed by atoms with van der Waals surface area (Å²) in [7, 11) is 1.66. The van der Waals surface area contributed by atoms with E-state index in [1.807, 2.05) is 30.3 Å². The third-order valence-electron chi connectivity index (χ3n) is 7.10. The second-order valence-electron chi connectivity index (χ2n) is 9.96. The number of carbonyl (C=O) groups is 2. The summed E-state index contributed by atoms with van der Waals surface area (Å²) in [6, 6.07) is 19.4. The molecular weight excluding hydrogens is 566 g/mol. The Morgan fingerprint density at radius 2 is 1.95 bits per heavy atom. The monoisotopic (exact) mass is 591 g/mol. The molecule has 6 rings (SSSR count). The Morgan fingerprint density at radius 1 is 1.14 bits per heavy atom. The molecule has 0 radical (unpaired) electrons. The summed E-state index contributed by atoms with van der Waals surface area (Å²) >= 11 is 0. The number of nitrogens with two attached hydrogens (primary N) is 2. The maximum atomic E-state index is 13.5. The van der Waals surface area contributed by atoms with Gasteiger partial charge in [-0.25, -0.2) is 9.79 Å². The quantitative estimate of drug-likeness (QED) is 0.208. The average molecular weight is 592 g/mol. The number of nitriles is 1. The summed E-state index contributed by atoms with van der Waals surface area (Å²) in [6.07, 6.45) is 0. The second-order valence-corrected chi connectivity index (χ2v) is 9.96. The molecule has 0 spiro atoms. The van der Waals surface area contributed by atoms with Crippen LogP contribution in [-0.2, 0) is 4.79 Å². The molecule has 0 aliphatic carbocycles. The Balaban J connectivity index is 1.45. The number of hydrogen-bond donors (Lipinski definition) is 5. The topological polar surface area (TPSA) is 213 Å². The van der Waals surface area contributed by atoms with Gasteiger partial charge in [-0.1, -0.05) is 24.3 Å². The first-order chi connectivity index (χ1) is 21.2. The maximum absolute atomic E-state index is 13.5. The van der Waals surface area contributed by atoms with Crippen molar-refractivity contribution in [3.05, 3.63) is 95.0 Å². The van der Waals surface area contributed by atoms with Gasteiger partial charge in [-0.3, -0.25) is 14.7 Å². The molecule has 14 heteroatoms. The number of carboxylic acid groups (broad SMARTS) is 1. The van der Waals surface area contributed by atoms with E-state index in [2.05, 4.69) is 20.6 Å². The molecule has 3 heterocycles. The van der Waals surface area contributed by atoms with E-state index in [9.17, 15) is 20.0 Å². The lowest BCUT2D eigenvalue weighted by Crippen LogP contribution is -2.52. The molecular formula is C30H25N9O5. The van der Waals surface area contributed by atoms with Gasteiger partial charge in [-0.05, 0) is 42.0 Å². The van der Waals surface area contributed by atoms with Gasteiger partial charge in [0.15, 0.2) is 11.8 Å². The molecule has 2 unspecified atom stereocenters. The minimum atomic E-state index is -1.28. The van der Waals surface area contributed by atoms with Crippen LogP contribution in [0.2, 0.25) is 0 Å². The number of fused-ring (bicyclic) bond motifs is 2. The summed E-state index contributed by atoms with van der Waals surface area (Å²) in [5, 5.41) is 25.4. The van der Waals surface area contributed by atoms with Crippen LogP contribution in [0.3, 0.4) is 0 Å². The molecule has 7 N–H and O–H groups in total. The molecule has 3 aliphatic heterocycles. The SMILES string of the molecule is CN1C(Oc2cccc(N=C(N)N)c2)=NC(Oc2cc(C#N)ccc2C(=O)O)=C2NC(=O)C(C3CNc4ccccc43)N=C21. The highest BCUT2D eigenvalue weighted by molar-refractivity contribution is 6.14. The number of para-hydroxylation sites is 1. The van der Waals surface area contributed by atoms with Crippen molar-refractivity contribution in [2.75, 3.05) is 18.9 Å². The molecule has 0 aromatic heterocycles. The molecule has 3 aliphatic rings. The number of nitrogens with zero attached hydrogens (tertiary/aromatic N) is 5. The van der Waals surface area contributed by atoms with Gasteiger partial charge in [0, 0.05) is 31.3 Å². The molecule has 220 valence electrons. The largest absolute Gasteiger partial charge is 0.478 e.